The van der Waals surface area contributed by atoms with Crippen molar-refractivity contribution in [3.05, 3.63) is 60.0 Å². The maximum Gasteiger partial charge on any atom is 0.322 e. The van der Waals surface area contributed by atoms with Crippen LogP contribution >= 0.6 is 0 Å². The van der Waals surface area contributed by atoms with Gasteiger partial charge in [-0.2, -0.15) is 4.98 Å². The largest absolute Gasteiger partial charge is 0.494 e. The van der Waals surface area contributed by atoms with Gasteiger partial charge in [-0.1, -0.05) is 29.4 Å². The summed E-state index contributed by atoms with van der Waals surface area (Å²) in [7, 11) is 0. The number of rotatable bonds is 5. The van der Waals surface area contributed by atoms with Crippen LogP contribution in [0.5, 0.6) is 5.75 Å². The second-order valence-electron chi connectivity index (χ2n) is 7.01. The first kappa shape index (κ1) is 19.0. The van der Waals surface area contributed by atoms with Gasteiger partial charge in [0.2, 0.25) is 11.7 Å². The fourth-order valence-electron chi connectivity index (χ4n) is 3.57. The summed E-state index contributed by atoms with van der Waals surface area (Å²) in [6.07, 6.45) is 1.69. The minimum Gasteiger partial charge on any atom is -0.494 e. The molecule has 0 spiro atoms. The molecule has 2 aromatic carbocycles. The van der Waals surface area contributed by atoms with E-state index in [-0.39, 0.29) is 12.1 Å². The zero-order chi connectivity index (χ0) is 20.2. The number of hydrogen-bond acceptors (Lipinski definition) is 5. The van der Waals surface area contributed by atoms with Gasteiger partial charge >= 0.3 is 6.03 Å². The SMILES string of the molecule is CCOc1ccc(NC(=O)N2CCCC2c2nc(-c3ccccc3C)no2)cc1. The zero-order valence-corrected chi connectivity index (χ0v) is 16.6. The van der Waals surface area contributed by atoms with Gasteiger partial charge in [0.1, 0.15) is 11.8 Å². The molecule has 3 aromatic rings. The summed E-state index contributed by atoms with van der Waals surface area (Å²) >= 11 is 0. The normalized spacial score (nSPS) is 16.1. The fraction of sp³-hybridized carbons (Fsp3) is 0.318. The van der Waals surface area contributed by atoms with E-state index < -0.39 is 0 Å². The van der Waals surface area contributed by atoms with E-state index in [9.17, 15) is 4.79 Å². The summed E-state index contributed by atoms with van der Waals surface area (Å²) < 4.78 is 11.0. The van der Waals surface area contributed by atoms with Crippen molar-refractivity contribution in [2.45, 2.75) is 32.7 Å². The molecular formula is C22H24N4O3. The molecule has 7 heteroatoms. The highest BCUT2D eigenvalue weighted by molar-refractivity contribution is 5.89. The van der Waals surface area contributed by atoms with Crippen LogP contribution in [-0.2, 0) is 0 Å². The van der Waals surface area contributed by atoms with Crippen LogP contribution in [0.25, 0.3) is 11.4 Å². The maximum atomic E-state index is 12.8. The van der Waals surface area contributed by atoms with Crippen molar-refractivity contribution in [2.24, 2.45) is 0 Å². The summed E-state index contributed by atoms with van der Waals surface area (Å²) in [5.41, 5.74) is 2.73. The summed E-state index contributed by atoms with van der Waals surface area (Å²) in [5, 5.41) is 7.08. The standard InChI is InChI=1S/C22H24N4O3/c1-3-28-17-12-10-16(11-13-17)23-22(27)26-14-6-9-19(26)21-24-20(25-29-21)18-8-5-4-7-15(18)2/h4-5,7-8,10-13,19H,3,6,9,14H2,1-2H3,(H,23,27). The van der Waals surface area contributed by atoms with Gasteiger partial charge in [0, 0.05) is 17.8 Å². The number of carbonyl (C=O) groups is 1. The highest BCUT2D eigenvalue weighted by atomic mass is 16.5. The Labute approximate surface area is 169 Å². The molecule has 4 rings (SSSR count). The predicted octanol–water partition coefficient (Wildman–Crippen LogP) is 4.81. The second-order valence-corrected chi connectivity index (χ2v) is 7.01. The molecule has 0 saturated carbocycles. The van der Waals surface area contributed by atoms with E-state index in [1.807, 2.05) is 62.4 Å². The highest BCUT2D eigenvalue weighted by Gasteiger charge is 2.34. The van der Waals surface area contributed by atoms with Crippen LogP contribution in [0.4, 0.5) is 10.5 Å². The molecule has 29 heavy (non-hydrogen) atoms. The number of aryl methyl sites for hydroxylation is 1. The molecule has 1 N–H and O–H groups in total. The molecule has 1 aromatic heterocycles. The van der Waals surface area contributed by atoms with E-state index in [4.69, 9.17) is 9.26 Å². The third-order valence-electron chi connectivity index (χ3n) is 5.04. The Balaban J connectivity index is 1.47. The molecule has 1 unspecified atom stereocenters. The molecular weight excluding hydrogens is 368 g/mol. The number of benzene rings is 2. The van der Waals surface area contributed by atoms with Crippen LogP contribution in [0.3, 0.4) is 0 Å². The van der Waals surface area contributed by atoms with Gasteiger partial charge in [-0.25, -0.2) is 4.79 Å². The van der Waals surface area contributed by atoms with E-state index in [0.717, 1.165) is 35.4 Å². The fourth-order valence-corrected chi connectivity index (χ4v) is 3.57. The molecule has 2 amide bonds. The smallest absolute Gasteiger partial charge is 0.322 e. The van der Waals surface area contributed by atoms with Gasteiger partial charge in [-0.15, -0.1) is 0 Å². The van der Waals surface area contributed by atoms with Crippen molar-refractivity contribution >= 4 is 11.7 Å². The summed E-state index contributed by atoms with van der Waals surface area (Å²) in [4.78, 5) is 19.2. The van der Waals surface area contributed by atoms with E-state index >= 15 is 0 Å². The lowest BCUT2D eigenvalue weighted by Gasteiger charge is -2.22. The molecule has 0 radical (unpaired) electrons. The molecule has 2 heterocycles. The number of urea groups is 1. The van der Waals surface area contributed by atoms with E-state index in [1.54, 1.807) is 4.90 Å². The number of carbonyl (C=O) groups excluding carboxylic acids is 1. The number of anilines is 1. The number of likely N-dealkylation sites (tertiary alicyclic amines) is 1. The Hall–Kier alpha value is -3.35. The number of hydrogen-bond donors (Lipinski definition) is 1. The lowest BCUT2D eigenvalue weighted by Crippen LogP contribution is -2.34. The van der Waals surface area contributed by atoms with Gasteiger partial charge < -0.3 is 19.5 Å². The lowest BCUT2D eigenvalue weighted by atomic mass is 10.1. The quantitative estimate of drug-likeness (QED) is 0.674. The summed E-state index contributed by atoms with van der Waals surface area (Å²) in [6, 6.07) is 14.9. The average Bonchev–Trinajstić information content (AvgIpc) is 3.39. The van der Waals surface area contributed by atoms with E-state index in [0.29, 0.717) is 24.9 Å². The Morgan fingerprint density at radius 3 is 2.79 bits per heavy atom. The lowest BCUT2D eigenvalue weighted by molar-refractivity contribution is 0.193. The number of nitrogens with one attached hydrogen (secondary N) is 1. The van der Waals surface area contributed by atoms with Gasteiger partial charge in [-0.3, -0.25) is 0 Å². The van der Waals surface area contributed by atoms with Crippen molar-refractivity contribution < 1.29 is 14.1 Å². The average molecular weight is 392 g/mol. The van der Waals surface area contributed by atoms with Gasteiger partial charge in [-0.05, 0) is 56.5 Å². The molecule has 1 fully saturated rings. The molecule has 1 saturated heterocycles. The predicted molar refractivity (Wildman–Crippen MR) is 110 cm³/mol. The molecule has 0 aliphatic carbocycles. The number of aromatic nitrogens is 2. The number of ether oxygens (including phenoxy) is 1. The van der Waals surface area contributed by atoms with E-state index in [2.05, 4.69) is 15.5 Å². The second kappa shape index (κ2) is 8.34. The Kier molecular flexibility index (Phi) is 5.46. The van der Waals surface area contributed by atoms with Gasteiger partial charge in [0.15, 0.2) is 0 Å². The third kappa shape index (κ3) is 4.08. The van der Waals surface area contributed by atoms with Crippen LogP contribution < -0.4 is 10.1 Å². The first-order valence-corrected chi connectivity index (χ1v) is 9.86. The topological polar surface area (TPSA) is 80.5 Å². The summed E-state index contributed by atoms with van der Waals surface area (Å²) in [5.74, 6) is 1.80. The first-order chi connectivity index (χ1) is 14.2. The molecule has 1 aliphatic heterocycles. The van der Waals surface area contributed by atoms with Crippen LogP contribution in [0.15, 0.2) is 53.1 Å². The molecule has 1 atom stereocenters. The number of amides is 2. The van der Waals surface area contributed by atoms with Crippen molar-refractivity contribution in [1.82, 2.24) is 15.0 Å². The third-order valence-corrected chi connectivity index (χ3v) is 5.04. The van der Waals surface area contributed by atoms with Crippen LogP contribution in [0.2, 0.25) is 0 Å². The van der Waals surface area contributed by atoms with Crippen LogP contribution in [0.1, 0.15) is 37.3 Å². The maximum absolute atomic E-state index is 12.8. The number of nitrogens with zero attached hydrogens (tertiary/aromatic N) is 3. The minimum atomic E-state index is -0.219. The van der Waals surface area contributed by atoms with Crippen LogP contribution in [-0.4, -0.2) is 34.2 Å². The van der Waals surface area contributed by atoms with E-state index in [1.165, 1.54) is 0 Å². The molecule has 0 bridgehead atoms. The summed E-state index contributed by atoms with van der Waals surface area (Å²) in [6.45, 7) is 5.20. The van der Waals surface area contributed by atoms with Crippen LogP contribution in [0, 0.1) is 6.92 Å². The molecule has 7 nitrogen and oxygen atoms in total. The molecule has 1 aliphatic rings. The van der Waals surface area contributed by atoms with Crippen molar-refractivity contribution in [3.8, 4) is 17.1 Å². The first-order valence-electron chi connectivity index (χ1n) is 9.86. The monoisotopic (exact) mass is 392 g/mol. The van der Waals surface area contributed by atoms with Gasteiger partial charge in [0.25, 0.3) is 0 Å². The molecule has 150 valence electrons. The van der Waals surface area contributed by atoms with Crippen molar-refractivity contribution in [3.63, 3.8) is 0 Å². The highest BCUT2D eigenvalue weighted by Crippen LogP contribution is 2.33. The van der Waals surface area contributed by atoms with Crippen molar-refractivity contribution in [2.75, 3.05) is 18.5 Å². The van der Waals surface area contributed by atoms with Gasteiger partial charge in [0.05, 0.1) is 6.61 Å². The van der Waals surface area contributed by atoms with Crippen molar-refractivity contribution in [1.29, 1.82) is 0 Å². The zero-order valence-electron chi connectivity index (χ0n) is 16.6. The Morgan fingerprint density at radius 2 is 2.03 bits per heavy atom. The Bertz CT molecular complexity index is 984. The minimum absolute atomic E-state index is 0.174. The Morgan fingerprint density at radius 1 is 1.24 bits per heavy atom.